The van der Waals surface area contributed by atoms with Gasteiger partial charge in [0, 0.05) is 24.6 Å². The molecule has 0 bridgehead atoms. The van der Waals surface area contributed by atoms with Gasteiger partial charge >= 0.3 is 0 Å². The van der Waals surface area contributed by atoms with E-state index in [0.717, 1.165) is 6.92 Å². The lowest BCUT2D eigenvalue weighted by molar-refractivity contribution is -0.117. The summed E-state index contributed by atoms with van der Waals surface area (Å²) in [6.07, 6.45) is 0. The molecule has 12 heteroatoms. The second-order valence-electron chi connectivity index (χ2n) is 7.16. The van der Waals surface area contributed by atoms with Crippen molar-refractivity contribution in [2.45, 2.75) is 18.2 Å². The third kappa shape index (κ3) is 4.65. The van der Waals surface area contributed by atoms with E-state index in [-0.39, 0.29) is 22.2 Å². The summed E-state index contributed by atoms with van der Waals surface area (Å²) < 4.78 is 41.3. The van der Waals surface area contributed by atoms with Crippen LogP contribution in [0.5, 0.6) is 0 Å². The number of benzene rings is 2. The van der Waals surface area contributed by atoms with Crippen LogP contribution < -0.4 is 16.0 Å². The Labute approximate surface area is 195 Å². The predicted molar refractivity (Wildman–Crippen MR) is 116 cm³/mol. The van der Waals surface area contributed by atoms with Gasteiger partial charge in [-0.05, 0) is 18.2 Å². The van der Waals surface area contributed by atoms with E-state index in [1.165, 1.54) is 18.2 Å². The van der Waals surface area contributed by atoms with Crippen molar-refractivity contribution >= 4 is 69.6 Å². The largest absolute Gasteiger partial charge is 0.326 e. The molecule has 2 unspecified atom stereocenters. The highest BCUT2D eigenvalue weighted by atomic mass is 35.5. The molecule has 1 fully saturated rings. The maximum Gasteiger partial charge on any atom is 0.257 e. The molecule has 1 aliphatic rings. The minimum Gasteiger partial charge on any atom is -0.326 e. The fourth-order valence-electron chi connectivity index (χ4n) is 3.05. The Hall–Kier alpha value is -2.49. The van der Waals surface area contributed by atoms with Crippen molar-refractivity contribution in [1.29, 1.82) is 0 Å². The van der Waals surface area contributed by atoms with Gasteiger partial charge in [-0.15, -0.1) is 23.2 Å². The normalized spacial score (nSPS) is 18.6. The zero-order valence-corrected chi connectivity index (χ0v) is 18.7. The Kier molecular flexibility index (Phi) is 6.65. The van der Waals surface area contributed by atoms with Crippen LogP contribution in [0.3, 0.4) is 0 Å². The standard InChI is InChI=1S/C20H15Cl3F3N3O3/c1-7-14(20(7,22)23)19(32)28-9-3-4-11(21)10(5-9)18(31)29-17-13(25)6-12(24)16(15(17)26)27-8(2)30/h3-7,14H,1-2H3,(H,27,30)(H,28,32)(H,29,31). The summed E-state index contributed by atoms with van der Waals surface area (Å²) in [4.78, 5) is 36.1. The van der Waals surface area contributed by atoms with Crippen LogP contribution in [0.2, 0.25) is 5.02 Å². The van der Waals surface area contributed by atoms with Gasteiger partial charge in [0.1, 0.15) is 15.7 Å². The quantitative estimate of drug-likeness (QED) is 0.476. The van der Waals surface area contributed by atoms with Crippen LogP contribution in [0.4, 0.5) is 30.2 Å². The van der Waals surface area contributed by atoms with Crippen LogP contribution in [0.25, 0.3) is 0 Å². The molecule has 3 amide bonds. The number of carbonyl (C=O) groups excluding carboxylic acids is 3. The highest BCUT2D eigenvalue weighted by Gasteiger charge is 2.64. The summed E-state index contributed by atoms with van der Waals surface area (Å²) in [5.74, 6) is -7.56. The molecule has 2 aromatic carbocycles. The maximum atomic E-state index is 14.6. The maximum absolute atomic E-state index is 14.6. The van der Waals surface area contributed by atoms with Crippen molar-refractivity contribution < 1.29 is 27.6 Å². The Morgan fingerprint density at radius 1 is 0.969 bits per heavy atom. The van der Waals surface area contributed by atoms with Crippen LogP contribution in [0.1, 0.15) is 24.2 Å². The Bertz CT molecular complexity index is 1140. The van der Waals surface area contributed by atoms with E-state index < -0.39 is 56.8 Å². The molecule has 0 heterocycles. The van der Waals surface area contributed by atoms with Crippen molar-refractivity contribution in [3.63, 3.8) is 0 Å². The summed E-state index contributed by atoms with van der Waals surface area (Å²) in [6, 6.07) is 4.18. The highest BCUT2D eigenvalue weighted by molar-refractivity contribution is 6.53. The highest BCUT2D eigenvalue weighted by Crippen LogP contribution is 2.59. The van der Waals surface area contributed by atoms with Gasteiger partial charge in [0.15, 0.2) is 17.5 Å². The molecule has 2 atom stereocenters. The average Bonchev–Trinajstić information content (AvgIpc) is 3.20. The first-order chi connectivity index (χ1) is 14.8. The Balaban J connectivity index is 1.85. The van der Waals surface area contributed by atoms with Crippen molar-refractivity contribution in [3.8, 4) is 0 Å². The van der Waals surface area contributed by atoms with Crippen LogP contribution in [0, 0.1) is 29.3 Å². The van der Waals surface area contributed by atoms with Crippen LogP contribution in [-0.2, 0) is 9.59 Å². The van der Waals surface area contributed by atoms with E-state index in [1.807, 2.05) is 10.6 Å². The van der Waals surface area contributed by atoms with Crippen molar-refractivity contribution in [2.24, 2.45) is 11.8 Å². The number of carbonyl (C=O) groups is 3. The molecule has 6 nitrogen and oxygen atoms in total. The molecule has 0 spiro atoms. The first-order valence-corrected chi connectivity index (χ1v) is 10.2. The molecule has 3 rings (SSSR count). The number of anilines is 3. The first-order valence-electron chi connectivity index (χ1n) is 9.09. The molecular weight excluding hydrogens is 494 g/mol. The van der Waals surface area contributed by atoms with Gasteiger partial charge in [0.05, 0.1) is 16.5 Å². The van der Waals surface area contributed by atoms with E-state index in [4.69, 9.17) is 34.8 Å². The summed E-state index contributed by atoms with van der Waals surface area (Å²) in [6.45, 7) is 2.70. The van der Waals surface area contributed by atoms with Gasteiger partial charge in [-0.2, -0.15) is 0 Å². The van der Waals surface area contributed by atoms with E-state index in [0.29, 0.717) is 6.07 Å². The van der Waals surface area contributed by atoms with Gasteiger partial charge in [0.2, 0.25) is 11.8 Å². The van der Waals surface area contributed by atoms with Gasteiger partial charge in [-0.3, -0.25) is 14.4 Å². The van der Waals surface area contributed by atoms with Gasteiger partial charge in [-0.1, -0.05) is 18.5 Å². The fourth-order valence-corrected chi connectivity index (χ4v) is 3.96. The molecule has 0 radical (unpaired) electrons. The molecular formula is C20H15Cl3F3N3O3. The SMILES string of the molecule is CC(=O)Nc1c(F)cc(F)c(NC(=O)c2cc(NC(=O)C3C(C)C3(Cl)Cl)ccc2Cl)c1F. The van der Waals surface area contributed by atoms with Crippen LogP contribution >= 0.6 is 34.8 Å². The third-order valence-corrected chi connectivity index (χ3v) is 6.37. The third-order valence-electron chi connectivity index (χ3n) is 4.88. The summed E-state index contributed by atoms with van der Waals surface area (Å²) in [5, 5.41) is 6.31. The molecule has 1 saturated carbocycles. The minimum atomic E-state index is -1.52. The second kappa shape index (κ2) is 8.80. The minimum absolute atomic E-state index is 0.0886. The Morgan fingerprint density at radius 3 is 2.06 bits per heavy atom. The van der Waals surface area contributed by atoms with Crippen LogP contribution in [-0.4, -0.2) is 22.1 Å². The van der Waals surface area contributed by atoms with E-state index >= 15 is 0 Å². The van der Waals surface area contributed by atoms with Crippen molar-refractivity contribution in [1.82, 2.24) is 0 Å². The summed E-state index contributed by atoms with van der Waals surface area (Å²) >= 11 is 18.0. The van der Waals surface area contributed by atoms with Gasteiger partial charge in [0.25, 0.3) is 5.91 Å². The lowest BCUT2D eigenvalue weighted by Gasteiger charge is -2.14. The van der Waals surface area contributed by atoms with Gasteiger partial charge < -0.3 is 16.0 Å². The molecule has 3 N–H and O–H groups in total. The number of rotatable bonds is 5. The summed E-state index contributed by atoms with van der Waals surface area (Å²) in [7, 11) is 0. The van der Waals surface area contributed by atoms with Gasteiger partial charge in [-0.25, -0.2) is 13.2 Å². The topological polar surface area (TPSA) is 87.3 Å². The fraction of sp³-hybridized carbons (Fsp3) is 0.250. The Morgan fingerprint density at radius 2 is 1.53 bits per heavy atom. The molecule has 0 aromatic heterocycles. The van der Waals surface area contributed by atoms with E-state index in [1.54, 1.807) is 6.92 Å². The number of amides is 3. The smallest absolute Gasteiger partial charge is 0.257 e. The average molecular weight is 509 g/mol. The van der Waals surface area contributed by atoms with E-state index in [2.05, 4.69) is 5.32 Å². The van der Waals surface area contributed by atoms with Crippen LogP contribution in [0.15, 0.2) is 24.3 Å². The van der Waals surface area contributed by atoms with Crippen molar-refractivity contribution in [3.05, 3.63) is 52.3 Å². The monoisotopic (exact) mass is 507 g/mol. The number of hydrogen-bond acceptors (Lipinski definition) is 3. The predicted octanol–water partition coefficient (Wildman–Crippen LogP) is 5.35. The molecule has 1 aliphatic carbocycles. The summed E-state index contributed by atoms with van der Waals surface area (Å²) in [5.41, 5.74) is -2.00. The van der Waals surface area contributed by atoms with E-state index in [9.17, 15) is 27.6 Å². The molecule has 0 saturated heterocycles. The number of hydrogen-bond donors (Lipinski definition) is 3. The second-order valence-corrected chi connectivity index (χ2v) is 9.02. The zero-order chi connectivity index (χ0) is 24.0. The van der Waals surface area contributed by atoms with Crippen molar-refractivity contribution in [2.75, 3.05) is 16.0 Å². The zero-order valence-electron chi connectivity index (χ0n) is 16.5. The number of halogens is 6. The number of alkyl halides is 2. The molecule has 2 aromatic rings. The molecule has 170 valence electrons. The lowest BCUT2D eigenvalue weighted by Crippen LogP contribution is -2.19. The lowest BCUT2D eigenvalue weighted by atomic mass is 10.1. The molecule has 0 aliphatic heterocycles. The number of nitrogens with one attached hydrogen (secondary N) is 3. The first kappa shape index (κ1) is 24.2. The molecule has 32 heavy (non-hydrogen) atoms.